The summed E-state index contributed by atoms with van der Waals surface area (Å²) < 4.78 is 0. The van der Waals surface area contributed by atoms with Crippen LogP contribution in [0.4, 0.5) is 0 Å². The second-order valence-corrected chi connectivity index (χ2v) is 4.93. The lowest BCUT2D eigenvalue weighted by atomic mass is 9.99. The molecule has 0 aliphatic carbocycles. The molecule has 18 heavy (non-hydrogen) atoms. The molecule has 1 unspecified atom stereocenters. The fourth-order valence-corrected chi connectivity index (χ4v) is 2.48. The summed E-state index contributed by atoms with van der Waals surface area (Å²) in [4.78, 5) is 14.3. The van der Waals surface area contributed by atoms with E-state index in [0.717, 1.165) is 32.6 Å². The number of carbonyl (C=O) groups excluding carboxylic acids is 1. The van der Waals surface area contributed by atoms with Gasteiger partial charge in [0, 0.05) is 19.3 Å². The number of aromatic nitrogens is 2. The van der Waals surface area contributed by atoms with Crippen LogP contribution < -0.4 is 5.32 Å². The first-order valence-electron chi connectivity index (χ1n) is 6.80. The number of carbonyl (C=O) groups is 1. The fraction of sp³-hybridized carbons (Fsp3) is 0.692. The summed E-state index contributed by atoms with van der Waals surface area (Å²) in [6, 6.07) is 1.74. The van der Waals surface area contributed by atoms with Crippen LogP contribution in [-0.4, -0.2) is 47.2 Å². The van der Waals surface area contributed by atoms with Crippen LogP contribution in [0, 0.1) is 5.92 Å². The molecule has 1 aliphatic heterocycles. The Morgan fingerprint density at radius 2 is 2.50 bits per heavy atom. The summed E-state index contributed by atoms with van der Waals surface area (Å²) in [7, 11) is 0. The second-order valence-electron chi connectivity index (χ2n) is 4.93. The van der Waals surface area contributed by atoms with E-state index in [4.69, 9.17) is 0 Å². The Kier molecular flexibility index (Phi) is 4.75. The van der Waals surface area contributed by atoms with Crippen LogP contribution in [-0.2, 0) is 0 Å². The molecule has 2 N–H and O–H groups in total. The third-order valence-corrected chi connectivity index (χ3v) is 3.39. The average Bonchev–Trinajstić information content (AvgIpc) is 2.92. The third-order valence-electron chi connectivity index (χ3n) is 3.39. The topological polar surface area (TPSA) is 61.0 Å². The first kappa shape index (κ1) is 13.1. The molecule has 1 amide bonds. The van der Waals surface area contributed by atoms with Crippen molar-refractivity contribution in [1.29, 1.82) is 0 Å². The van der Waals surface area contributed by atoms with Crippen LogP contribution in [0.3, 0.4) is 0 Å². The first-order chi connectivity index (χ1) is 8.81. The van der Waals surface area contributed by atoms with Crippen molar-refractivity contribution in [2.24, 2.45) is 5.92 Å². The van der Waals surface area contributed by atoms with Crippen molar-refractivity contribution >= 4 is 5.91 Å². The molecule has 0 saturated carbocycles. The molecule has 5 heteroatoms. The van der Waals surface area contributed by atoms with Crippen molar-refractivity contribution in [1.82, 2.24) is 20.4 Å². The molecule has 1 aromatic heterocycles. The second kappa shape index (κ2) is 6.54. The maximum absolute atomic E-state index is 12.3. The number of amides is 1. The van der Waals surface area contributed by atoms with Crippen molar-refractivity contribution in [3.05, 3.63) is 18.0 Å². The molecule has 1 aliphatic rings. The Hall–Kier alpha value is -1.36. The molecule has 2 rings (SSSR count). The molecule has 0 radical (unpaired) electrons. The first-order valence-corrected chi connectivity index (χ1v) is 6.80. The molecule has 1 fully saturated rings. The molecule has 5 nitrogen and oxygen atoms in total. The number of aromatic amines is 1. The van der Waals surface area contributed by atoms with E-state index in [1.807, 2.05) is 4.90 Å². The van der Waals surface area contributed by atoms with Gasteiger partial charge in [-0.15, -0.1) is 0 Å². The molecule has 1 aromatic rings. The molecule has 100 valence electrons. The van der Waals surface area contributed by atoms with E-state index < -0.39 is 0 Å². The van der Waals surface area contributed by atoms with E-state index >= 15 is 0 Å². The van der Waals surface area contributed by atoms with Gasteiger partial charge in [-0.1, -0.05) is 6.92 Å². The van der Waals surface area contributed by atoms with Crippen LogP contribution in [0.1, 0.15) is 36.7 Å². The lowest BCUT2D eigenvalue weighted by Gasteiger charge is -2.29. The molecule has 0 bridgehead atoms. The molecule has 2 heterocycles. The molecular formula is C13H22N4O. The van der Waals surface area contributed by atoms with Gasteiger partial charge in [-0.05, 0) is 44.3 Å². The number of nitrogens with zero attached hydrogens (tertiary/aromatic N) is 2. The number of rotatable bonds is 5. The smallest absolute Gasteiger partial charge is 0.271 e. The van der Waals surface area contributed by atoms with Gasteiger partial charge in [0.2, 0.25) is 0 Å². The van der Waals surface area contributed by atoms with Crippen LogP contribution in [0.5, 0.6) is 0 Å². The number of hydrogen-bond acceptors (Lipinski definition) is 3. The number of nitrogens with one attached hydrogen (secondary N) is 2. The summed E-state index contributed by atoms with van der Waals surface area (Å²) in [6.45, 7) is 5.90. The zero-order chi connectivity index (χ0) is 12.8. The zero-order valence-corrected chi connectivity index (χ0v) is 11.0. The largest absolute Gasteiger partial charge is 0.337 e. The Bertz CT molecular complexity index is 357. The van der Waals surface area contributed by atoms with Crippen molar-refractivity contribution in [3.8, 4) is 0 Å². The van der Waals surface area contributed by atoms with Crippen LogP contribution in [0.25, 0.3) is 0 Å². The Balaban J connectivity index is 1.96. The quantitative estimate of drug-likeness (QED) is 0.827. The highest BCUT2D eigenvalue weighted by atomic mass is 16.2. The van der Waals surface area contributed by atoms with Crippen molar-refractivity contribution in [2.75, 3.05) is 26.2 Å². The maximum atomic E-state index is 12.3. The fourth-order valence-electron chi connectivity index (χ4n) is 2.48. The average molecular weight is 250 g/mol. The van der Waals surface area contributed by atoms with E-state index in [1.165, 1.54) is 12.8 Å². The Labute approximate surface area is 108 Å². The normalized spacial score (nSPS) is 19.7. The van der Waals surface area contributed by atoms with E-state index in [9.17, 15) is 4.79 Å². The zero-order valence-electron chi connectivity index (χ0n) is 11.0. The van der Waals surface area contributed by atoms with Crippen LogP contribution >= 0.6 is 0 Å². The van der Waals surface area contributed by atoms with Gasteiger partial charge < -0.3 is 10.2 Å². The minimum absolute atomic E-state index is 0.0694. The van der Waals surface area contributed by atoms with Crippen molar-refractivity contribution < 1.29 is 4.79 Å². The van der Waals surface area contributed by atoms with Gasteiger partial charge in [-0.3, -0.25) is 9.89 Å². The van der Waals surface area contributed by atoms with E-state index in [0.29, 0.717) is 11.6 Å². The standard InChI is InChI=1S/C13H22N4O/c1-2-8-17(10-11-4-3-6-14-9-11)13(18)12-5-7-15-16-12/h5,7,11,14H,2-4,6,8-10H2,1H3,(H,15,16). The predicted molar refractivity (Wildman–Crippen MR) is 70.4 cm³/mol. The number of hydrogen-bond donors (Lipinski definition) is 2. The van der Waals surface area contributed by atoms with E-state index in [1.54, 1.807) is 12.3 Å². The van der Waals surface area contributed by atoms with Crippen molar-refractivity contribution in [3.63, 3.8) is 0 Å². The Morgan fingerprint density at radius 3 is 3.11 bits per heavy atom. The van der Waals surface area contributed by atoms with Crippen LogP contribution in [0.2, 0.25) is 0 Å². The van der Waals surface area contributed by atoms with Gasteiger partial charge in [-0.25, -0.2) is 0 Å². The summed E-state index contributed by atoms with van der Waals surface area (Å²) in [5, 5.41) is 10.0. The van der Waals surface area contributed by atoms with Gasteiger partial charge >= 0.3 is 0 Å². The van der Waals surface area contributed by atoms with Gasteiger partial charge in [0.05, 0.1) is 0 Å². The lowest BCUT2D eigenvalue weighted by Crippen LogP contribution is -2.41. The Morgan fingerprint density at radius 1 is 1.61 bits per heavy atom. The highest BCUT2D eigenvalue weighted by Gasteiger charge is 2.21. The van der Waals surface area contributed by atoms with Crippen molar-refractivity contribution in [2.45, 2.75) is 26.2 Å². The van der Waals surface area contributed by atoms with Gasteiger partial charge in [0.1, 0.15) is 5.69 Å². The van der Waals surface area contributed by atoms with E-state index in [2.05, 4.69) is 22.4 Å². The summed E-state index contributed by atoms with van der Waals surface area (Å²) in [5.41, 5.74) is 0.590. The molecule has 0 aromatic carbocycles. The third kappa shape index (κ3) is 3.32. The summed E-state index contributed by atoms with van der Waals surface area (Å²) in [5.74, 6) is 0.650. The minimum atomic E-state index is 0.0694. The highest BCUT2D eigenvalue weighted by Crippen LogP contribution is 2.13. The predicted octanol–water partition coefficient (Wildman–Crippen LogP) is 1.26. The van der Waals surface area contributed by atoms with E-state index in [-0.39, 0.29) is 5.91 Å². The number of piperidine rings is 1. The summed E-state index contributed by atoms with van der Waals surface area (Å²) >= 11 is 0. The van der Waals surface area contributed by atoms with Gasteiger partial charge in [0.25, 0.3) is 5.91 Å². The monoisotopic (exact) mass is 250 g/mol. The highest BCUT2D eigenvalue weighted by molar-refractivity contribution is 5.92. The van der Waals surface area contributed by atoms with Crippen LogP contribution in [0.15, 0.2) is 12.3 Å². The molecule has 0 spiro atoms. The minimum Gasteiger partial charge on any atom is -0.337 e. The lowest BCUT2D eigenvalue weighted by molar-refractivity contribution is 0.0713. The summed E-state index contributed by atoms with van der Waals surface area (Å²) in [6.07, 6.45) is 5.03. The molecule has 1 atom stereocenters. The maximum Gasteiger partial charge on any atom is 0.271 e. The van der Waals surface area contributed by atoms with Gasteiger partial charge in [-0.2, -0.15) is 5.10 Å². The SMILES string of the molecule is CCCN(CC1CCCNC1)C(=O)c1ccn[nH]1. The molecular weight excluding hydrogens is 228 g/mol. The molecule has 1 saturated heterocycles. The number of H-pyrrole nitrogens is 1. The van der Waals surface area contributed by atoms with Gasteiger partial charge in [0.15, 0.2) is 0 Å².